The molecule has 8 rings (SSSR count). The minimum atomic E-state index is -2.37. The highest BCUT2D eigenvalue weighted by molar-refractivity contribution is 5.98. The van der Waals surface area contributed by atoms with Crippen molar-refractivity contribution in [1.82, 2.24) is 52.8 Å². The van der Waals surface area contributed by atoms with Gasteiger partial charge in [0.2, 0.25) is 41.7 Å². The summed E-state index contributed by atoms with van der Waals surface area (Å²) in [6, 6.07) is 0.671. The average Bonchev–Trinajstić information content (AvgIpc) is 1.46. The Morgan fingerprint density at radius 1 is 0.590 bits per heavy atom. The van der Waals surface area contributed by atoms with E-state index in [2.05, 4.69) is 47.9 Å². The molecule has 0 aliphatic carbocycles. The lowest BCUT2D eigenvalue weighted by Crippen LogP contribution is -2.69. The van der Waals surface area contributed by atoms with E-state index in [1.165, 1.54) is 24.3 Å². The number of rotatable bonds is 23. The Morgan fingerprint density at radius 2 is 1.18 bits per heavy atom. The van der Waals surface area contributed by atoms with Crippen LogP contribution in [0.15, 0.2) is 54.6 Å². The van der Waals surface area contributed by atoms with Gasteiger partial charge in [0.15, 0.2) is 24.4 Å². The summed E-state index contributed by atoms with van der Waals surface area (Å²) in [7, 11) is 0. The SMILES string of the molecule is CCCC(CCC)C(=O)OCC1OC(OC2C(CO)OC(Oc3ccc(CC4NC(=O)C(C(C)c5ccccc5)NC(=O)CNC(=O)C(CO)NC(=O)C(C(O)C5CNC(=N)N5C5OC(CO)C(O)C(O)C5O)NC(=O)C(C(O)C5CNC(=N)N5)NC4=O)cc3)C(O)C2O)C(O)C(O)C1O. The predicted octanol–water partition coefficient (Wildman–Crippen LogP) is -10.4. The molecule has 0 radical (unpaired) electrons. The van der Waals surface area contributed by atoms with Crippen LogP contribution in [0, 0.1) is 16.7 Å². The zero-order valence-electron chi connectivity index (χ0n) is 54.8. The maximum atomic E-state index is 15.2. The first-order valence-electron chi connectivity index (χ1n) is 32.9. The van der Waals surface area contributed by atoms with E-state index in [1.54, 1.807) is 37.3 Å². The highest BCUT2D eigenvalue weighted by atomic mass is 16.7. The first-order valence-corrected chi connectivity index (χ1v) is 32.9. The minimum Gasteiger partial charge on any atom is -0.463 e. The standard InChI is InChI=1S/C62H92N12O26/c1-4-9-28(10-5-2)58(94)95-24-36-44(82)46(84)49(87)60(99-36)100-51-35(23-77)98-59(50(88)47(51)85)96-29-15-13-26(14-16-29)17-30-53(90)72-39(41(79)31-18-66-61(63)70-31)56(93)73-40(42(80)33-19-67-62(64)74(33)57-48(86)45(83)43(81)34(22-76)97-57)55(92)69-32(21-75)52(89)65-20-37(78)71-38(54(91)68-30)25(3)27-11-7-6-8-12-27/h6-8,11-16,25,28,30-36,38-51,57,59-60,75-77,79-88H,4-5,9-10,17-24H2,1-3H3,(H2,64,67)(H,65,89)(H,68,91)(H,69,92)(H,71,78)(H,72,90)(H,73,93)(H3,63,66,70). The molecule has 24 N–H and O–H groups in total. The van der Waals surface area contributed by atoms with E-state index >= 15 is 9.59 Å². The molecule has 2 aromatic carbocycles. The fraction of sp³-hybridized carbons (Fsp3) is 0.661. The first-order chi connectivity index (χ1) is 47.6. The summed E-state index contributed by atoms with van der Waals surface area (Å²) in [4.78, 5) is 101. The Kier molecular flexibility index (Phi) is 27.6. The van der Waals surface area contributed by atoms with Crippen LogP contribution in [-0.2, 0) is 63.7 Å². The second-order valence-electron chi connectivity index (χ2n) is 25.3. The number of hydrogen-bond donors (Lipinski definition) is 24. The van der Waals surface area contributed by atoms with Gasteiger partial charge in [0.1, 0.15) is 128 Å². The maximum Gasteiger partial charge on any atom is 0.309 e. The van der Waals surface area contributed by atoms with Crippen molar-refractivity contribution in [2.45, 2.75) is 205 Å². The number of benzene rings is 2. The molecular formula is C62H92N12O26. The van der Waals surface area contributed by atoms with Crippen molar-refractivity contribution in [2.24, 2.45) is 5.92 Å². The van der Waals surface area contributed by atoms with Crippen LogP contribution < -0.4 is 52.6 Å². The van der Waals surface area contributed by atoms with Crippen LogP contribution in [-0.4, -0.2) is 317 Å². The molecule has 6 amide bonds. The van der Waals surface area contributed by atoms with Gasteiger partial charge in [0, 0.05) is 25.4 Å². The largest absolute Gasteiger partial charge is 0.463 e. The summed E-state index contributed by atoms with van der Waals surface area (Å²) < 4.78 is 34.4. The van der Waals surface area contributed by atoms with Gasteiger partial charge in [0.05, 0.1) is 44.4 Å². The monoisotopic (exact) mass is 1420 g/mol. The van der Waals surface area contributed by atoms with Crippen molar-refractivity contribution < 1.29 is 128 Å². The molecule has 2 aromatic rings. The van der Waals surface area contributed by atoms with Crippen molar-refractivity contribution in [3.8, 4) is 5.75 Å². The van der Waals surface area contributed by atoms with Crippen LogP contribution in [0.25, 0.3) is 0 Å². The Balaban J connectivity index is 1.07. The number of guanidine groups is 2. The summed E-state index contributed by atoms with van der Waals surface area (Å²) in [5.74, 6) is -10.4. The molecule has 0 aromatic heterocycles. The molecule has 100 heavy (non-hydrogen) atoms. The topological polar surface area (TPSA) is 597 Å². The number of hydrogen-bond acceptors (Lipinski definition) is 28. The van der Waals surface area contributed by atoms with Gasteiger partial charge in [-0.15, -0.1) is 0 Å². The molecule has 6 heterocycles. The number of nitrogens with zero attached hydrogens (tertiary/aromatic N) is 1. The van der Waals surface area contributed by atoms with Crippen molar-refractivity contribution in [1.29, 1.82) is 10.8 Å². The van der Waals surface area contributed by atoms with Crippen molar-refractivity contribution >= 4 is 53.3 Å². The van der Waals surface area contributed by atoms with Crippen LogP contribution in [0.5, 0.6) is 5.75 Å². The van der Waals surface area contributed by atoms with Gasteiger partial charge >= 0.3 is 5.97 Å². The summed E-state index contributed by atoms with van der Waals surface area (Å²) in [6.07, 6.45) is -29.8. The summed E-state index contributed by atoms with van der Waals surface area (Å²) in [5.41, 5.74) is 0.692. The third-order valence-electron chi connectivity index (χ3n) is 18.4. The van der Waals surface area contributed by atoms with E-state index in [0.29, 0.717) is 31.2 Å². The van der Waals surface area contributed by atoms with Gasteiger partial charge < -0.3 is 148 Å². The smallest absolute Gasteiger partial charge is 0.309 e. The Labute approximate surface area is 572 Å². The molecule has 25 unspecified atom stereocenters. The highest BCUT2D eigenvalue weighted by Crippen LogP contribution is 2.33. The molecule has 556 valence electrons. The average molecular weight is 1420 g/mol. The van der Waals surface area contributed by atoms with E-state index in [9.17, 15) is 90.4 Å². The maximum absolute atomic E-state index is 15.2. The van der Waals surface area contributed by atoms with Crippen molar-refractivity contribution in [3.05, 3.63) is 65.7 Å². The Bertz CT molecular complexity index is 3130. The van der Waals surface area contributed by atoms with Gasteiger partial charge in [-0.05, 0) is 36.1 Å². The Hall–Kier alpha value is -7.61. The van der Waals surface area contributed by atoms with E-state index in [-0.39, 0.29) is 23.8 Å². The van der Waals surface area contributed by atoms with E-state index in [0.717, 1.165) is 4.90 Å². The molecule has 0 spiro atoms. The minimum absolute atomic E-state index is 0.0859. The van der Waals surface area contributed by atoms with Crippen LogP contribution in [0.4, 0.5) is 0 Å². The van der Waals surface area contributed by atoms with E-state index in [4.69, 9.17) is 39.2 Å². The predicted molar refractivity (Wildman–Crippen MR) is 339 cm³/mol. The number of nitrogens with one attached hydrogen (secondary N) is 11. The molecule has 6 aliphatic rings. The molecule has 38 heteroatoms. The van der Waals surface area contributed by atoms with Crippen LogP contribution in [0.1, 0.15) is 63.5 Å². The second kappa shape index (κ2) is 35.3. The third kappa shape index (κ3) is 18.4. The molecule has 6 aliphatic heterocycles. The van der Waals surface area contributed by atoms with Gasteiger partial charge in [-0.1, -0.05) is 76.1 Å². The summed E-state index contributed by atoms with van der Waals surface area (Å²) >= 11 is 0. The van der Waals surface area contributed by atoms with Crippen LogP contribution >= 0.6 is 0 Å². The number of aliphatic hydroxyl groups is 13. The third-order valence-corrected chi connectivity index (χ3v) is 18.4. The molecule has 38 nitrogen and oxygen atoms in total. The normalized spacial score (nSPS) is 35.2. The first kappa shape index (κ1) is 78.1. The quantitative estimate of drug-likeness (QED) is 0.0459. The molecule has 6 fully saturated rings. The molecular weight excluding hydrogens is 1330 g/mol. The summed E-state index contributed by atoms with van der Waals surface area (Å²) in [6.45, 7) is 0.124. The molecule has 25 atom stereocenters. The van der Waals surface area contributed by atoms with Gasteiger partial charge in [0.25, 0.3) is 0 Å². The lowest BCUT2D eigenvalue weighted by Gasteiger charge is -2.46. The second-order valence-corrected chi connectivity index (χ2v) is 25.3. The Morgan fingerprint density at radius 3 is 1.81 bits per heavy atom. The number of amides is 6. The zero-order valence-corrected chi connectivity index (χ0v) is 54.8. The number of aliphatic hydroxyl groups excluding tert-OH is 13. The number of carbonyl (C=O) groups excluding carboxylic acids is 7. The fourth-order valence-electron chi connectivity index (χ4n) is 12.6. The van der Waals surface area contributed by atoms with E-state index < -0.39 is 252 Å². The van der Waals surface area contributed by atoms with Crippen molar-refractivity contribution in [3.63, 3.8) is 0 Å². The fourth-order valence-corrected chi connectivity index (χ4v) is 12.6. The molecule has 6 saturated heterocycles. The lowest BCUT2D eigenvalue weighted by atomic mass is 9.92. The van der Waals surface area contributed by atoms with E-state index in [1.807, 2.05) is 13.8 Å². The number of esters is 1. The number of carbonyl (C=O) groups is 7. The highest BCUT2D eigenvalue weighted by Gasteiger charge is 2.55. The van der Waals surface area contributed by atoms with Gasteiger partial charge in [-0.25, -0.2) is 0 Å². The van der Waals surface area contributed by atoms with Crippen molar-refractivity contribution in [2.75, 3.05) is 46.1 Å². The number of ether oxygens (including phenoxy) is 6. The molecule has 0 saturated carbocycles. The lowest BCUT2D eigenvalue weighted by molar-refractivity contribution is -0.352. The summed E-state index contributed by atoms with van der Waals surface area (Å²) in [5, 5.41) is 182. The molecule has 0 bridgehead atoms. The zero-order chi connectivity index (χ0) is 73.0. The van der Waals surface area contributed by atoms with Crippen LogP contribution in [0.2, 0.25) is 0 Å². The van der Waals surface area contributed by atoms with Gasteiger partial charge in [-0.2, -0.15) is 0 Å². The van der Waals surface area contributed by atoms with Gasteiger partial charge in [-0.3, -0.25) is 44.4 Å². The van der Waals surface area contributed by atoms with Crippen LogP contribution in [0.3, 0.4) is 0 Å².